The molecule has 1 aliphatic heterocycles. The topological polar surface area (TPSA) is 67.8 Å². The molecule has 2 N–H and O–H groups in total. The maximum atomic E-state index is 10.3. The average molecular weight is 161 g/mol. The second-order valence-corrected chi connectivity index (χ2v) is 2.55. The average Bonchev–Trinajstić information content (AvgIpc) is 1.82. The van der Waals surface area contributed by atoms with Gasteiger partial charge in [0.25, 0.3) is 0 Å². The van der Waals surface area contributed by atoms with E-state index in [0.29, 0.717) is 13.2 Å². The zero-order chi connectivity index (χ0) is 8.32. The van der Waals surface area contributed by atoms with Gasteiger partial charge in [0.05, 0.1) is 19.6 Å². The van der Waals surface area contributed by atoms with Gasteiger partial charge < -0.3 is 9.84 Å². The van der Waals surface area contributed by atoms with E-state index in [9.17, 15) is 4.79 Å². The van der Waals surface area contributed by atoms with Gasteiger partial charge in [0, 0.05) is 7.05 Å². The summed E-state index contributed by atoms with van der Waals surface area (Å²) >= 11 is 0. The second-order valence-electron chi connectivity index (χ2n) is 2.55. The molecular weight excluding hydrogens is 150 g/mol. The van der Waals surface area contributed by atoms with E-state index in [4.69, 9.17) is 14.7 Å². The lowest BCUT2D eigenvalue weighted by atomic mass is 9.98. The molecule has 0 atom stereocenters. The summed E-state index contributed by atoms with van der Waals surface area (Å²) in [5.74, 6) is -0.872. The molecule has 0 aromatic heterocycles. The van der Waals surface area contributed by atoms with Crippen LogP contribution in [0.5, 0.6) is 0 Å². The quantitative estimate of drug-likeness (QED) is 0.538. The molecule has 0 saturated carbocycles. The highest BCUT2D eigenvalue weighted by atomic mass is 16.7. The van der Waals surface area contributed by atoms with E-state index in [1.54, 1.807) is 7.05 Å². The van der Waals surface area contributed by atoms with Crippen LogP contribution in [0.1, 0.15) is 6.42 Å². The third-order valence-electron chi connectivity index (χ3n) is 1.52. The molecule has 1 aliphatic rings. The molecular formula is C6H11NO4. The van der Waals surface area contributed by atoms with Gasteiger partial charge in [0.2, 0.25) is 0 Å². The molecule has 0 radical (unpaired) electrons. The zero-order valence-electron chi connectivity index (χ0n) is 6.29. The largest absolute Gasteiger partial charge is 0.481 e. The van der Waals surface area contributed by atoms with Crippen molar-refractivity contribution >= 4 is 5.97 Å². The Morgan fingerprint density at radius 2 is 2.45 bits per heavy atom. The highest BCUT2D eigenvalue weighted by molar-refractivity contribution is 5.68. The second kappa shape index (κ2) is 3.17. The summed E-state index contributed by atoms with van der Waals surface area (Å²) in [6.45, 7) is 0.695. The van der Waals surface area contributed by atoms with Gasteiger partial charge in [-0.05, 0) is 0 Å². The molecule has 0 unspecified atom stereocenters. The third-order valence-corrected chi connectivity index (χ3v) is 1.52. The van der Waals surface area contributed by atoms with Crippen molar-refractivity contribution < 1.29 is 19.5 Å². The smallest absolute Gasteiger partial charge is 0.306 e. The number of ether oxygens (including phenoxy) is 1. The Labute approximate surface area is 64.2 Å². The molecule has 1 heterocycles. The normalized spacial score (nSPS) is 20.8. The van der Waals surface area contributed by atoms with Gasteiger partial charge in [-0.2, -0.15) is 0 Å². The monoisotopic (exact) mass is 161 g/mol. The number of carboxylic acid groups (broad SMARTS) is 1. The molecule has 1 fully saturated rings. The fourth-order valence-corrected chi connectivity index (χ4v) is 1.02. The van der Waals surface area contributed by atoms with Crippen molar-refractivity contribution in [3.8, 4) is 0 Å². The first-order valence-corrected chi connectivity index (χ1v) is 3.33. The van der Waals surface area contributed by atoms with E-state index in [1.807, 2.05) is 0 Å². The minimum atomic E-state index is -0.872. The van der Waals surface area contributed by atoms with Crippen molar-refractivity contribution in [1.29, 1.82) is 0 Å². The summed E-state index contributed by atoms with van der Waals surface area (Å²) < 4.78 is 4.86. The van der Waals surface area contributed by atoms with Gasteiger partial charge >= 0.3 is 5.97 Å². The van der Waals surface area contributed by atoms with Crippen molar-refractivity contribution in [1.82, 2.24) is 5.48 Å². The highest BCUT2D eigenvalue weighted by Crippen LogP contribution is 2.24. The molecule has 0 spiro atoms. The van der Waals surface area contributed by atoms with Crippen molar-refractivity contribution in [2.75, 3.05) is 20.3 Å². The molecule has 0 aromatic rings. The Hall–Kier alpha value is -0.650. The van der Waals surface area contributed by atoms with Crippen LogP contribution in [-0.2, 0) is 14.4 Å². The van der Waals surface area contributed by atoms with Gasteiger partial charge in [0.1, 0.15) is 5.60 Å². The van der Waals surface area contributed by atoms with Crippen molar-refractivity contribution in [2.45, 2.75) is 12.0 Å². The van der Waals surface area contributed by atoms with Gasteiger partial charge in [-0.1, -0.05) is 0 Å². The minimum absolute atomic E-state index is 0.0200. The summed E-state index contributed by atoms with van der Waals surface area (Å²) in [5, 5.41) is 8.48. The van der Waals surface area contributed by atoms with Crippen LogP contribution in [0.25, 0.3) is 0 Å². The van der Waals surface area contributed by atoms with E-state index in [1.165, 1.54) is 0 Å². The molecule has 0 aromatic carbocycles. The number of hydrogen-bond donors (Lipinski definition) is 2. The number of carbonyl (C=O) groups is 1. The van der Waals surface area contributed by atoms with Gasteiger partial charge in [-0.25, -0.2) is 5.48 Å². The van der Waals surface area contributed by atoms with Gasteiger partial charge in [0.15, 0.2) is 0 Å². The molecule has 0 amide bonds. The summed E-state index contributed by atoms with van der Waals surface area (Å²) in [6.07, 6.45) is -0.0200. The number of carboxylic acids is 1. The van der Waals surface area contributed by atoms with Crippen LogP contribution in [0.15, 0.2) is 0 Å². The predicted molar refractivity (Wildman–Crippen MR) is 35.9 cm³/mol. The molecule has 64 valence electrons. The van der Waals surface area contributed by atoms with Gasteiger partial charge in [-0.15, -0.1) is 0 Å². The lowest BCUT2D eigenvalue weighted by Gasteiger charge is -2.38. The Balaban J connectivity index is 2.39. The number of rotatable bonds is 4. The van der Waals surface area contributed by atoms with E-state index in [2.05, 4.69) is 5.48 Å². The number of hydrogen-bond acceptors (Lipinski definition) is 4. The first-order valence-electron chi connectivity index (χ1n) is 3.33. The highest BCUT2D eigenvalue weighted by Gasteiger charge is 2.42. The standard InChI is InChI=1S/C6H11NO4/c1-7-11-6(2-5(8)9)3-10-4-6/h7H,2-4H2,1H3,(H,8,9). The molecule has 5 nitrogen and oxygen atoms in total. The number of nitrogens with one attached hydrogen (secondary N) is 1. The lowest BCUT2D eigenvalue weighted by Crippen LogP contribution is -2.55. The first kappa shape index (κ1) is 8.45. The minimum Gasteiger partial charge on any atom is -0.481 e. The van der Waals surface area contributed by atoms with Crippen molar-refractivity contribution in [3.05, 3.63) is 0 Å². The van der Waals surface area contributed by atoms with Crippen LogP contribution in [0.3, 0.4) is 0 Å². The van der Waals surface area contributed by atoms with E-state index in [0.717, 1.165) is 0 Å². The fourth-order valence-electron chi connectivity index (χ4n) is 1.02. The van der Waals surface area contributed by atoms with Crippen LogP contribution in [0.4, 0.5) is 0 Å². The molecule has 1 saturated heterocycles. The van der Waals surface area contributed by atoms with E-state index >= 15 is 0 Å². The molecule has 5 heteroatoms. The first-order chi connectivity index (χ1) is 5.18. The molecule has 11 heavy (non-hydrogen) atoms. The Bertz CT molecular complexity index is 155. The molecule has 1 rings (SSSR count). The molecule has 0 aliphatic carbocycles. The Morgan fingerprint density at radius 3 is 2.73 bits per heavy atom. The summed E-state index contributed by atoms with van der Waals surface area (Å²) in [7, 11) is 1.60. The SMILES string of the molecule is CNOC1(CC(=O)O)COC1. The zero-order valence-corrected chi connectivity index (χ0v) is 6.29. The summed E-state index contributed by atoms with van der Waals surface area (Å²) in [6, 6.07) is 0. The lowest BCUT2D eigenvalue weighted by molar-refractivity contribution is -0.238. The van der Waals surface area contributed by atoms with Crippen LogP contribution >= 0.6 is 0 Å². The van der Waals surface area contributed by atoms with Crippen LogP contribution in [-0.4, -0.2) is 36.9 Å². The van der Waals surface area contributed by atoms with Gasteiger partial charge in [-0.3, -0.25) is 9.63 Å². The third kappa shape index (κ3) is 1.89. The Morgan fingerprint density at radius 1 is 1.82 bits per heavy atom. The maximum Gasteiger partial charge on any atom is 0.306 e. The van der Waals surface area contributed by atoms with Crippen LogP contribution in [0, 0.1) is 0 Å². The summed E-state index contributed by atoms with van der Waals surface area (Å²) in [4.78, 5) is 15.3. The van der Waals surface area contributed by atoms with Crippen molar-refractivity contribution in [3.63, 3.8) is 0 Å². The van der Waals surface area contributed by atoms with Crippen LogP contribution < -0.4 is 5.48 Å². The van der Waals surface area contributed by atoms with Crippen molar-refractivity contribution in [2.24, 2.45) is 0 Å². The summed E-state index contributed by atoms with van der Waals surface area (Å²) in [5.41, 5.74) is 1.83. The predicted octanol–water partition coefficient (Wildman–Crippen LogP) is -0.619. The number of hydroxylamine groups is 1. The Kier molecular flexibility index (Phi) is 2.43. The van der Waals surface area contributed by atoms with Crippen LogP contribution in [0.2, 0.25) is 0 Å². The molecule has 0 bridgehead atoms. The maximum absolute atomic E-state index is 10.3. The fraction of sp³-hybridized carbons (Fsp3) is 0.833. The number of aliphatic carboxylic acids is 1. The van der Waals surface area contributed by atoms with E-state index in [-0.39, 0.29) is 6.42 Å². The van der Waals surface area contributed by atoms with E-state index < -0.39 is 11.6 Å².